The van der Waals surface area contributed by atoms with Crippen LogP contribution < -0.4 is 0 Å². The summed E-state index contributed by atoms with van der Waals surface area (Å²) in [7, 11) is 1.67. The summed E-state index contributed by atoms with van der Waals surface area (Å²) in [5, 5.41) is 10.7. The van der Waals surface area contributed by atoms with Gasteiger partial charge in [0.2, 0.25) is 0 Å². The molecule has 3 aromatic rings. The van der Waals surface area contributed by atoms with E-state index in [-0.39, 0.29) is 24.2 Å². The normalized spacial score (nSPS) is 13.3. The number of aromatic nitrogens is 2. The van der Waals surface area contributed by atoms with Gasteiger partial charge in [-0.3, -0.25) is 4.79 Å². The number of hydrogen-bond donors (Lipinski definition) is 2. The molecule has 0 aliphatic heterocycles. The second kappa shape index (κ2) is 8.34. The predicted octanol–water partition coefficient (Wildman–Crippen LogP) is 3.67. The minimum absolute atomic E-state index is 0.241. The summed E-state index contributed by atoms with van der Waals surface area (Å²) in [6, 6.07) is 7.58. The average molecular weight is 416 g/mol. The molecular weight excluding hydrogens is 390 g/mol. The monoisotopic (exact) mass is 415 g/mol. The van der Waals surface area contributed by atoms with Gasteiger partial charge < -0.3 is 19.7 Å². The molecule has 2 N–H and O–H groups in total. The van der Waals surface area contributed by atoms with Crippen LogP contribution in [0.4, 0.5) is 0 Å². The Bertz CT molecular complexity index is 1020. The zero-order chi connectivity index (χ0) is 21.3. The quantitative estimate of drug-likeness (QED) is 0.599. The molecule has 2 aromatic heterocycles. The number of aryl methyl sites for hydroxylation is 1. The Morgan fingerprint density at radius 2 is 1.97 bits per heavy atom. The van der Waals surface area contributed by atoms with Gasteiger partial charge in [0.15, 0.2) is 6.61 Å². The number of aliphatic hydroxyl groups is 1. The Morgan fingerprint density at radius 3 is 2.59 bits per heavy atom. The van der Waals surface area contributed by atoms with Crippen molar-refractivity contribution in [1.29, 1.82) is 0 Å². The van der Waals surface area contributed by atoms with Gasteiger partial charge in [-0.25, -0.2) is 9.78 Å². The Balaban J connectivity index is 1.65. The summed E-state index contributed by atoms with van der Waals surface area (Å²) >= 11 is 1.54. The molecule has 29 heavy (non-hydrogen) atoms. The highest BCUT2D eigenvalue weighted by atomic mass is 32.1. The largest absolute Gasteiger partial charge is 0.451 e. The Labute approximate surface area is 173 Å². The van der Waals surface area contributed by atoms with E-state index in [1.165, 1.54) is 16.2 Å². The van der Waals surface area contributed by atoms with E-state index in [2.05, 4.69) is 9.97 Å². The number of hydrogen-bond acceptors (Lipinski definition) is 6. The highest BCUT2D eigenvalue weighted by molar-refractivity contribution is 7.18. The summed E-state index contributed by atoms with van der Waals surface area (Å²) in [6.07, 6.45) is -0.699. The second-order valence-corrected chi connectivity index (χ2v) is 8.18. The number of esters is 1. The first kappa shape index (κ1) is 21.0. The summed E-state index contributed by atoms with van der Waals surface area (Å²) < 4.78 is 6.29. The number of carbonyl (C=O) groups is 2. The maximum Gasteiger partial charge on any atom is 0.355 e. The number of nitrogens with one attached hydrogen (secondary N) is 1. The summed E-state index contributed by atoms with van der Waals surface area (Å²) in [5.41, 5.74) is 3.17. The van der Waals surface area contributed by atoms with Crippen molar-refractivity contribution in [2.24, 2.45) is 0 Å². The summed E-state index contributed by atoms with van der Waals surface area (Å²) in [5.74, 6) is -0.936. The Kier molecular flexibility index (Phi) is 6.04. The molecule has 2 heterocycles. The minimum Gasteiger partial charge on any atom is -0.451 e. The van der Waals surface area contributed by atoms with Crippen LogP contribution in [0.1, 0.15) is 58.3 Å². The van der Waals surface area contributed by atoms with Crippen LogP contribution in [-0.2, 0) is 9.53 Å². The number of amides is 1. The number of aliphatic hydroxyl groups excluding tert-OH is 1. The van der Waals surface area contributed by atoms with E-state index in [0.717, 1.165) is 15.2 Å². The lowest BCUT2D eigenvalue weighted by molar-refractivity contribution is -0.135. The van der Waals surface area contributed by atoms with Crippen LogP contribution in [0.2, 0.25) is 0 Å². The van der Waals surface area contributed by atoms with E-state index in [9.17, 15) is 14.7 Å². The number of carbonyl (C=O) groups excluding carboxylic acids is 2. The van der Waals surface area contributed by atoms with Crippen molar-refractivity contribution in [3.05, 3.63) is 51.8 Å². The van der Waals surface area contributed by atoms with Gasteiger partial charge in [-0.15, -0.1) is 11.3 Å². The summed E-state index contributed by atoms with van der Waals surface area (Å²) in [4.78, 5) is 34.0. The lowest BCUT2D eigenvalue weighted by Gasteiger charge is -2.23. The fraction of sp³-hybridized carbons (Fsp3) is 0.381. The third kappa shape index (κ3) is 4.18. The molecule has 0 radical (unpaired) electrons. The van der Waals surface area contributed by atoms with Crippen molar-refractivity contribution in [1.82, 2.24) is 14.9 Å². The molecule has 0 unspecified atom stereocenters. The number of para-hydroxylation sites is 1. The standard InChI is InChI=1S/C21H25N3O4S/c1-11-18(14(4)25)12(2)22-19(11)21(27)28-10-17(26)24(5)13(3)20-23-15-8-6-7-9-16(15)29-20/h6-9,13-14,22,25H,10H2,1-5H3/t13-,14-/m0/s1. The number of aromatic amines is 1. The van der Waals surface area contributed by atoms with Gasteiger partial charge in [0.25, 0.3) is 5.91 Å². The van der Waals surface area contributed by atoms with Crippen molar-refractivity contribution in [3.63, 3.8) is 0 Å². The molecule has 2 atom stereocenters. The third-order valence-electron chi connectivity index (χ3n) is 5.09. The van der Waals surface area contributed by atoms with Crippen LogP contribution in [0.3, 0.4) is 0 Å². The first-order valence-corrected chi connectivity index (χ1v) is 10.2. The molecular formula is C21H25N3O4S. The molecule has 0 fully saturated rings. The van der Waals surface area contributed by atoms with Gasteiger partial charge in [0.05, 0.1) is 22.4 Å². The molecule has 1 amide bonds. The molecule has 8 heteroatoms. The fourth-order valence-corrected chi connectivity index (χ4v) is 4.41. The Hall–Kier alpha value is -2.71. The van der Waals surface area contributed by atoms with E-state index >= 15 is 0 Å². The van der Waals surface area contributed by atoms with Crippen LogP contribution >= 0.6 is 11.3 Å². The van der Waals surface area contributed by atoms with E-state index in [1.807, 2.05) is 31.2 Å². The maximum atomic E-state index is 12.5. The lowest BCUT2D eigenvalue weighted by Crippen LogP contribution is -2.33. The van der Waals surface area contributed by atoms with Crippen LogP contribution in [0.25, 0.3) is 10.2 Å². The number of fused-ring (bicyclic) bond motifs is 1. The molecule has 0 aliphatic carbocycles. The van der Waals surface area contributed by atoms with Crippen molar-refractivity contribution < 1.29 is 19.4 Å². The second-order valence-electron chi connectivity index (χ2n) is 7.12. The molecule has 0 spiro atoms. The Morgan fingerprint density at radius 1 is 1.28 bits per heavy atom. The number of benzene rings is 1. The van der Waals surface area contributed by atoms with E-state index in [4.69, 9.17) is 4.74 Å². The highest BCUT2D eigenvalue weighted by Gasteiger charge is 2.24. The van der Waals surface area contributed by atoms with E-state index in [1.54, 1.807) is 27.8 Å². The van der Waals surface area contributed by atoms with Crippen molar-refractivity contribution in [2.45, 2.75) is 39.8 Å². The van der Waals surface area contributed by atoms with E-state index in [0.29, 0.717) is 16.8 Å². The molecule has 0 saturated carbocycles. The maximum absolute atomic E-state index is 12.5. The van der Waals surface area contributed by atoms with Crippen LogP contribution in [0, 0.1) is 13.8 Å². The molecule has 0 aliphatic rings. The average Bonchev–Trinajstić information content (AvgIpc) is 3.25. The van der Waals surface area contributed by atoms with Gasteiger partial charge >= 0.3 is 5.97 Å². The zero-order valence-electron chi connectivity index (χ0n) is 17.1. The number of H-pyrrole nitrogens is 1. The topological polar surface area (TPSA) is 95.5 Å². The molecule has 0 bridgehead atoms. The molecule has 0 saturated heterocycles. The molecule has 7 nitrogen and oxygen atoms in total. The predicted molar refractivity (Wildman–Crippen MR) is 112 cm³/mol. The first-order chi connectivity index (χ1) is 13.7. The molecule has 1 aromatic carbocycles. The lowest BCUT2D eigenvalue weighted by atomic mass is 10.1. The van der Waals surface area contributed by atoms with Crippen LogP contribution in [-0.4, -0.2) is 45.5 Å². The van der Waals surface area contributed by atoms with Gasteiger partial charge in [-0.05, 0) is 45.4 Å². The van der Waals surface area contributed by atoms with E-state index < -0.39 is 12.1 Å². The van der Waals surface area contributed by atoms with Gasteiger partial charge in [0.1, 0.15) is 10.7 Å². The van der Waals surface area contributed by atoms with Crippen LogP contribution in [0.5, 0.6) is 0 Å². The minimum atomic E-state index is -0.699. The smallest absolute Gasteiger partial charge is 0.355 e. The first-order valence-electron chi connectivity index (χ1n) is 9.36. The van der Waals surface area contributed by atoms with Crippen molar-refractivity contribution in [3.8, 4) is 0 Å². The van der Waals surface area contributed by atoms with Crippen molar-refractivity contribution in [2.75, 3.05) is 13.7 Å². The number of likely N-dealkylation sites (N-methyl/N-ethyl adjacent to an activating group) is 1. The third-order valence-corrected chi connectivity index (χ3v) is 6.29. The van der Waals surface area contributed by atoms with Crippen molar-refractivity contribution >= 4 is 33.4 Å². The number of thiazole rings is 1. The van der Waals surface area contributed by atoms with Gasteiger partial charge in [-0.1, -0.05) is 12.1 Å². The van der Waals surface area contributed by atoms with Gasteiger partial charge in [0, 0.05) is 18.3 Å². The number of rotatable bonds is 6. The molecule has 3 rings (SSSR count). The number of nitrogens with zero attached hydrogens (tertiary/aromatic N) is 2. The fourth-order valence-electron chi connectivity index (χ4n) is 3.35. The SMILES string of the molecule is Cc1[nH]c(C(=O)OCC(=O)N(C)[C@@H](C)c2nc3ccccc3s2)c(C)c1[C@H](C)O. The van der Waals surface area contributed by atoms with Gasteiger partial charge in [-0.2, -0.15) is 0 Å². The highest BCUT2D eigenvalue weighted by Crippen LogP contribution is 2.29. The summed E-state index contributed by atoms with van der Waals surface area (Å²) in [6.45, 7) is 6.69. The number of ether oxygens (including phenoxy) is 1. The van der Waals surface area contributed by atoms with Crippen LogP contribution in [0.15, 0.2) is 24.3 Å². The zero-order valence-corrected chi connectivity index (χ0v) is 18.0. The molecule has 154 valence electrons.